The van der Waals surface area contributed by atoms with Crippen LogP contribution in [0.3, 0.4) is 0 Å². The minimum absolute atomic E-state index is 0.0645. The molecule has 112 valence electrons. The number of rotatable bonds is 3. The Morgan fingerprint density at radius 1 is 1.29 bits per heavy atom. The lowest BCUT2D eigenvalue weighted by molar-refractivity contribution is -0.128. The molecule has 5 nitrogen and oxygen atoms in total. The van der Waals surface area contributed by atoms with E-state index < -0.39 is 5.92 Å². The zero-order valence-electron chi connectivity index (χ0n) is 12.2. The first-order valence-electron chi connectivity index (χ1n) is 7.40. The van der Waals surface area contributed by atoms with Gasteiger partial charge in [-0.05, 0) is 25.0 Å². The SMILES string of the molecule is CC(N1CCOCC1)N1C(=O)C(C=O)Cc2ccccc21. The lowest BCUT2D eigenvalue weighted by Crippen LogP contribution is -2.56. The molecule has 0 N–H and O–H groups in total. The summed E-state index contributed by atoms with van der Waals surface area (Å²) < 4.78 is 5.37. The van der Waals surface area contributed by atoms with Crippen LogP contribution in [-0.2, 0) is 20.7 Å². The van der Waals surface area contributed by atoms with Crippen LogP contribution in [0.15, 0.2) is 24.3 Å². The average Bonchev–Trinajstić information content (AvgIpc) is 2.54. The van der Waals surface area contributed by atoms with E-state index in [9.17, 15) is 9.59 Å². The number of hydrogen-bond donors (Lipinski definition) is 0. The highest BCUT2D eigenvalue weighted by molar-refractivity contribution is 6.05. The predicted octanol–water partition coefficient (Wildman–Crippen LogP) is 1.07. The maximum atomic E-state index is 12.6. The number of nitrogens with zero attached hydrogens (tertiary/aromatic N) is 2. The van der Waals surface area contributed by atoms with Gasteiger partial charge in [-0.2, -0.15) is 0 Å². The second-order valence-corrected chi connectivity index (χ2v) is 5.56. The maximum Gasteiger partial charge on any atom is 0.238 e. The average molecular weight is 288 g/mol. The first-order chi connectivity index (χ1) is 10.2. The molecule has 21 heavy (non-hydrogen) atoms. The van der Waals surface area contributed by atoms with Crippen molar-refractivity contribution >= 4 is 17.9 Å². The van der Waals surface area contributed by atoms with Crippen LogP contribution in [0.2, 0.25) is 0 Å². The van der Waals surface area contributed by atoms with Gasteiger partial charge in [0.05, 0.1) is 25.3 Å². The van der Waals surface area contributed by atoms with Gasteiger partial charge in [0.25, 0.3) is 0 Å². The molecule has 0 bridgehead atoms. The minimum Gasteiger partial charge on any atom is -0.379 e. The Labute approximate surface area is 124 Å². The Hall–Kier alpha value is -1.72. The zero-order valence-corrected chi connectivity index (χ0v) is 12.2. The molecule has 0 saturated carbocycles. The number of morpholine rings is 1. The van der Waals surface area contributed by atoms with Crippen LogP contribution in [0.5, 0.6) is 0 Å². The standard InChI is InChI=1S/C16H20N2O3/c1-12(17-6-8-21-9-7-17)18-15-5-3-2-4-13(15)10-14(11-19)16(18)20/h2-5,11-12,14H,6-10H2,1H3. The number of ether oxygens (including phenoxy) is 1. The molecule has 1 aromatic rings. The first-order valence-corrected chi connectivity index (χ1v) is 7.40. The highest BCUT2D eigenvalue weighted by Crippen LogP contribution is 2.32. The Balaban J connectivity index is 1.94. The van der Waals surface area contributed by atoms with Gasteiger partial charge in [-0.25, -0.2) is 0 Å². The molecule has 1 amide bonds. The van der Waals surface area contributed by atoms with Crippen molar-refractivity contribution in [2.24, 2.45) is 5.92 Å². The molecule has 0 aromatic heterocycles. The molecule has 2 heterocycles. The molecular formula is C16H20N2O3. The third kappa shape index (κ3) is 2.59. The summed E-state index contributed by atoms with van der Waals surface area (Å²) >= 11 is 0. The molecular weight excluding hydrogens is 268 g/mol. The molecule has 1 aromatic carbocycles. The third-order valence-corrected chi connectivity index (χ3v) is 4.36. The summed E-state index contributed by atoms with van der Waals surface area (Å²) in [5, 5.41) is 0. The van der Waals surface area contributed by atoms with Crippen molar-refractivity contribution in [3.63, 3.8) is 0 Å². The van der Waals surface area contributed by atoms with Gasteiger partial charge in [-0.1, -0.05) is 18.2 Å². The zero-order chi connectivity index (χ0) is 14.8. The van der Waals surface area contributed by atoms with Crippen LogP contribution >= 0.6 is 0 Å². The van der Waals surface area contributed by atoms with Gasteiger partial charge in [0.2, 0.25) is 5.91 Å². The number of fused-ring (bicyclic) bond motifs is 1. The lowest BCUT2D eigenvalue weighted by atomic mass is 9.92. The summed E-state index contributed by atoms with van der Waals surface area (Å²) in [5.41, 5.74) is 1.99. The molecule has 1 fully saturated rings. The van der Waals surface area contributed by atoms with Crippen LogP contribution in [-0.4, -0.2) is 49.6 Å². The van der Waals surface area contributed by atoms with Crippen molar-refractivity contribution < 1.29 is 14.3 Å². The predicted molar refractivity (Wildman–Crippen MR) is 79.0 cm³/mol. The van der Waals surface area contributed by atoms with E-state index in [-0.39, 0.29) is 12.1 Å². The quantitative estimate of drug-likeness (QED) is 0.616. The number of hydrogen-bond acceptors (Lipinski definition) is 4. The number of benzene rings is 1. The summed E-state index contributed by atoms with van der Waals surface area (Å²) in [6.45, 7) is 5.00. The number of para-hydroxylation sites is 1. The first kappa shape index (κ1) is 14.2. The van der Waals surface area contributed by atoms with Gasteiger partial charge >= 0.3 is 0 Å². The fourth-order valence-corrected chi connectivity index (χ4v) is 3.15. The lowest BCUT2D eigenvalue weighted by Gasteiger charge is -2.42. The molecule has 0 spiro atoms. The minimum atomic E-state index is -0.566. The monoisotopic (exact) mass is 288 g/mol. The number of carbonyl (C=O) groups is 2. The van der Waals surface area contributed by atoms with Crippen LogP contribution in [0.1, 0.15) is 12.5 Å². The van der Waals surface area contributed by atoms with Crippen molar-refractivity contribution in [3.05, 3.63) is 29.8 Å². The summed E-state index contributed by atoms with van der Waals surface area (Å²) in [6, 6.07) is 7.85. The van der Waals surface area contributed by atoms with Crippen molar-refractivity contribution in [3.8, 4) is 0 Å². The molecule has 5 heteroatoms. The largest absolute Gasteiger partial charge is 0.379 e. The molecule has 0 aliphatic carbocycles. The molecule has 2 aliphatic heterocycles. The number of carbonyl (C=O) groups excluding carboxylic acids is 2. The van der Waals surface area contributed by atoms with Gasteiger partial charge in [0.1, 0.15) is 6.29 Å². The highest BCUT2D eigenvalue weighted by Gasteiger charge is 2.37. The second kappa shape index (κ2) is 5.95. The highest BCUT2D eigenvalue weighted by atomic mass is 16.5. The smallest absolute Gasteiger partial charge is 0.238 e. The topological polar surface area (TPSA) is 49.9 Å². The van der Waals surface area contributed by atoms with E-state index in [0.717, 1.165) is 30.6 Å². The number of aldehydes is 1. The molecule has 2 atom stereocenters. The fraction of sp³-hybridized carbons (Fsp3) is 0.500. The van der Waals surface area contributed by atoms with Gasteiger partial charge in [0.15, 0.2) is 0 Å². The second-order valence-electron chi connectivity index (χ2n) is 5.56. The molecule has 1 saturated heterocycles. The number of anilines is 1. The van der Waals surface area contributed by atoms with Crippen LogP contribution in [0.25, 0.3) is 0 Å². The Morgan fingerprint density at radius 3 is 2.71 bits per heavy atom. The van der Waals surface area contributed by atoms with Crippen molar-refractivity contribution in [2.75, 3.05) is 31.2 Å². The van der Waals surface area contributed by atoms with Gasteiger partial charge in [-0.3, -0.25) is 14.6 Å². The molecule has 3 rings (SSSR count). The van der Waals surface area contributed by atoms with E-state index in [1.54, 1.807) is 4.90 Å². The van der Waals surface area contributed by atoms with E-state index >= 15 is 0 Å². The third-order valence-electron chi connectivity index (χ3n) is 4.36. The van der Waals surface area contributed by atoms with Gasteiger partial charge < -0.3 is 9.53 Å². The van der Waals surface area contributed by atoms with E-state index in [1.807, 2.05) is 31.2 Å². The Morgan fingerprint density at radius 2 is 2.00 bits per heavy atom. The van der Waals surface area contributed by atoms with Crippen LogP contribution < -0.4 is 4.90 Å². The van der Waals surface area contributed by atoms with Crippen molar-refractivity contribution in [1.29, 1.82) is 0 Å². The van der Waals surface area contributed by atoms with Gasteiger partial charge in [-0.15, -0.1) is 0 Å². The summed E-state index contributed by atoms with van der Waals surface area (Å²) in [6.07, 6.45) is 1.22. The van der Waals surface area contributed by atoms with Crippen molar-refractivity contribution in [2.45, 2.75) is 19.5 Å². The number of amides is 1. The van der Waals surface area contributed by atoms with Crippen molar-refractivity contribution in [1.82, 2.24) is 4.90 Å². The molecule has 2 unspecified atom stereocenters. The summed E-state index contributed by atoms with van der Waals surface area (Å²) in [7, 11) is 0. The fourth-order valence-electron chi connectivity index (χ4n) is 3.15. The molecule has 2 aliphatic rings. The van der Waals surface area contributed by atoms with E-state index in [4.69, 9.17) is 4.74 Å². The van der Waals surface area contributed by atoms with E-state index in [0.29, 0.717) is 19.6 Å². The Kier molecular flexibility index (Phi) is 4.03. The van der Waals surface area contributed by atoms with E-state index in [1.165, 1.54) is 0 Å². The van der Waals surface area contributed by atoms with Gasteiger partial charge in [0, 0.05) is 18.8 Å². The normalized spacial score (nSPS) is 24.5. The molecule has 0 radical (unpaired) electrons. The van der Waals surface area contributed by atoms with Crippen LogP contribution in [0, 0.1) is 5.92 Å². The Bertz CT molecular complexity index is 540. The summed E-state index contributed by atoms with van der Waals surface area (Å²) in [4.78, 5) is 27.9. The maximum absolute atomic E-state index is 12.6. The van der Waals surface area contributed by atoms with E-state index in [2.05, 4.69) is 4.90 Å². The summed E-state index contributed by atoms with van der Waals surface area (Å²) in [5.74, 6) is -0.661. The van der Waals surface area contributed by atoms with Crippen LogP contribution in [0.4, 0.5) is 5.69 Å².